The van der Waals surface area contributed by atoms with Crippen molar-refractivity contribution in [2.45, 2.75) is 40.0 Å². The van der Waals surface area contributed by atoms with E-state index in [1.165, 1.54) is 35.1 Å². The Hall–Kier alpha value is -1.82. The van der Waals surface area contributed by atoms with Crippen LogP contribution in [-0.2, 0) is 0 Å². The summed E-state index contributed by atoms with van der Waals surface area (Å²) in [6, 6.07) is 0. The van der Waals surface area contributed by atoms with Crippen LogP contribution in [0.2, 0.25) is 0 Å². The van der Waals surface area contributed by atoms with Crippen molar-refractivity contribution in [3.8, 4) is 0 Å². The van der Waals surface area contributed by atoms with Crippen molar-refractivity contribution < 1.29 is 0 Å². The minimum atomic E-state index is 0.639. The molecule has 21 heavy (non-hydrogen) atoms. The third-order valence-electron chi connectivity index (χ3n) is 3.94. The highest BCUT2D eigenvalue weighted by Crippen LogP contribution is 2.40. The van der Waals surface area contributed by atoms with Crippen molar-refractivity contribution >= 4 is 0 Å². The average Bonchev–Trinajstić information content (AvgIpc) is 2.82. The van der Waals surface area contributed by atoms with Crippen LogP contribution in [0.15, 0.2) is 84.1 Å². The maximum absolute atomic E-state index is 4.25. The van der Waals surface area contributed by atoms with E-state index < -0.39 is 0 Å². The fourth-order valence-corrected chi connectivity index (χ4v) is 2.77. The van der Waals surface area contributed by atoms with E-state index in [0.29, 0.717) is 5.92 Å². The maximum atomic E-state index is 4.25. The van der Waals surface area contributed by atoms with Gasteiger partial charge in [0, 0.05) is 0 Å². The molecule has 1 atom stereocenters. The monoisotopic (exact) mass is 280 g/mol. The summed E-state index contributed by atoms with van der Waals surface area (Å²) in [6.45, 7) is 18.5. The predicted octanol–water partition coefficient (Wildman–Crippen LogP) is 6.48. The van der Waals surface area contributed by atoms with Crippen molar-refractivity contribution in [2.75, 3.05) is 0 Å². The van der Waals surface area contributed by atoms with Gasteiger partial charge in [-0.25, -0.2) is 0 Å². The smallest absolute Gasteiger partial charge is 0.0153 e. The molecule has 0 aromatic carbocycles. The van der Waals surface area contributed by atoms with Gasteiger partial charge in [0.05, 0.1) is 0 Å². The Morgan fingerprint density at radius 3 is 2.52 bits per heavy atom. The lowest BCUT2D eigenvalue weighted by molar-refractivity contribution is 0.604. The molecule has 0 spiro atoms. The van der Waals surface area contributed by atoms with Crippen LogP contribution in [0.5, 0.6) is 0 Å². The van der Waals surface area contributed by atoms with Crippen molar-refractivity contribution in [1.29, 1.82) is 0 Å². The Kier molecular flexibility index (Phi) is 6.94. The van der Waals surface area contributed by atoms with E-state index in [-0.39, 0.29) is 0 Å². The molecule has 0 heterocycles. The van der Waals surface area contributed by atoms with E-state index in [2.05, 4.69) is 58.7 Å². The third kappa shape index (κ3) is 4.90. The fourth-order valence-electron chi connectivity index (χ4n) is 2.77. The SMILES string of the molecule is C=C\C=C/C(C)=C\C=C/C(C(=C)C)=C1\C(=C)CCC1CC. The molecule has 1 rings (SSSR count). The Bertz CT molecular complexity index is 532. The van der Waals surface area contributed by atoms with Crippen LogP contribution in [0.1, 0.15) is 40.0 Å². The third-order valence-corrected chi connectivity index (χ3v) is 3.94. The Morgan fingerprint density at radius 2 is 1.95 bits per heavy atom. The van der Waals surface area contributed by atoms with E-state index in [1.54, 1.807) is 6.08 Å². The van der Waals surface area contributed by atoms with Crippen molar-refractivity contribution in [1.82, 2.24) is 0 Å². The molecule has 0 nitrogen and oxygen atoms in total. The highest BCUT2D eigenvalue weighted by Gasteiger charge is 2.25. The van der Waals surface area contributed by atoms with Crippen LogP contribution in [0.25, 0.3) is 0 Å². The highest BCUT2D eigenvalue weighted by atomic mass is 14.3. The van der Waals surface area contributed by atoms with Crippen LogP contribution >= 0.6 is 0 Å². The molecule has 1 unspecified atom stereocenters. The quantitative estimate of drug-likeness (QED) is 0.488. The van der Waals surface area contributed by atoms with Crippen molar-refractivity contribution in [2.24, 2.45) is 5.92 Å². The van der Waals surface area contributed by atoms with Crippen LogP contribution in [0, 0.1) is 5.92 Å². The first-order chi connectivity index (χ1) is 10.0. The van der Waals surface area contributed by atoms with Gasteiger partial charge >= 0.3 is 0 Å². The molecule has 0 radical (unpaired) electrons. The number of allylic oxidation sites excluding steroid dienone is 11. The van der Waals surface area contributed by atoms with E-state index >= 15 is 0 Å². The summed E-state index contributed by atoms with van der Waals surface area (Å²) in [7, 11) is 0. The second-order valence-corrected chi connectivity index (χ2v) is 5.72. The zero-order chi connectivity index (χ0) is 15.8. The maximum Gasteiger partial charge on any atom is -0.0153 e. The molecule has 1 fully saturated rings. The molecule has 0 heteroatoms. The molecule has 0 saturated heterocycles. The molecular formula is C21H28. The van der Waals surface area contributed by atoms with Gasteiger partial charge in [0.1, 0.15) is 0 Å². The Labute approximate surface area is 130 Å². The first-order valence-electron chi connectivity index (χ1n) is 7.73. The van der Waals surface area contributed by atoms with Crippen LogP contribution in [0.4, 0.5) is 0 Å². The van der Waals surface area contributed by atoms with Gasteiger partial charge in [0.15, 0.2) is 0 Å². The largest absolute Gasteiger partial charge is 0.0991 e. The molecule has 0 aromatic heterocycles. The lowest BCUT2D eigenvalue weighted by Gasteiger charge is -2.15. The molecule has 1 aliphatic rings. The van der Waals surface area contributed by atoms with E-state index in [4.69, 9.17) is 0 Å². The van der Waals surface area contributed by atoms with Gasteiger partial charge < -0.3 is 0 Å². The topological polar surface area (TPSA) is 0 Å². The lowest BCUT2D eigenvalue weighted by Crippen LogP contribution is -1.99. The Morgan fingerprint density at radius 1 is 1.24 bits per heavy atom. The summed E-state index contributed by atoms with van der Waals surface area (Å²) in [5.74, 6) is 0.639. The van der Waals surface area contributed by atoms with Crippen LogP contribution in [-0.4, -0.2) is 0 Å². The number of hydrogen-bond acceptors (Lipinski definition) is 0. The minimum absolute atomic E-state index is 0.639. The lowest BCUT2D eigenvalue weighted by atomic mass is 9.90. The summed E-state index contributed by atoms with van der Waals surface area (Å²) >= 11 is 0. The van der Waals surface area contributed by atoms with E-state index in [1.807, 2.05) is 12.2 Å². The molecule has 0 aromatic rings. The zero-order valence-electron chi connectivity index (χ0n) is 13.8. The molecule has 0 bridgehead atoms. The van der Waals surface area contributed by atoms with Gasteiger partial charge in [-0.2, -0.15) is 0 Å². The second kappa shape index (κ2) is 8.46. The molecule has 0 aliphatic heterocycles. The zero-order valence-corrected chi connectivity index (χ0v) is 13.8. The van der Waals surface area contributed by atoms with Gasteiger partial charge in [-0.05, 0) is 50.2 Å². The number of rotatable bonds is 6. The highest BCUT2D eigenvalue weighted by molar-refractivity contribution is 5.52. The van der Waals surface area contributed by atoms with Gasteiger partial charge in [-0.3, -0.25) is 0 Å². The summed E-state index contributed by atoms with van der Waals surface area (Å²) in [5, 5.41) is 0. The van der Waals surface area contributed by atoms with Crippen molar-refractivity contribution in [3.05, 3.63) is 84.1 Å². The summed E-state index contributed by atoms with van der Waals surface area (Å²) in [4.78, 5) is 0. The average molecular weight is 280 g/mol. The molecule has 0 amide bonds. The predicted molar refractivity (Wildman–Crippen MR) is 96.2 cm³/mol. The first-order valence-corrected chi connectivity index (χ1v) is 7.73. The molecular weight excluding hydrogens is 252 g/mol. The van der Waals surface area contributed by atoms with E-state index in [9.17, 15) is 0 Å². The molecule has 1 saturated carbocycles. The van der Waals surface area contributed by atoms with E-state index in [0.717, 1.165) is 12.0 Å². The van der Waals surface area contributed by atoms with Crippen molar-refractivity contribution in [3.63, 3.8) is 0 Å². The van der Waals surface area contributed by atoms with Crippen LogP contribution < -0.4 is 0 Å². The normalized spacial score (nSPS) is 22.3. The van der Waals surface area contributed by atoms with Gasteiger partial charge in [-0.15, -0.1) is 0 Å². The minimum Gasteiger partial charge on any atom is -0.0991 e. The molecule has 0 N–H and O–H groups in total. The molecule has 112 valence electrons. The van der Waals surface area contributed by atoms with Gasteiger partial charge in [0.2, 0.25) is 0 Å². The summed E-state index contributed by atoms with van der Waals surface area (Å²) in [6.07, 6.45) is 15.7. The summed E-state index contributed by atoms with van der Waals surface area (Å²) in [5.41, 5.74) is 6.30. The Balaban J connectivity index is 3.08. The second-order valence-electron chi connectivity index (χ2n) is 5.72. The summed E-state index contributed by atoms with van der Waals surface area (Å²) < 4.78 is 0. The van der Waals surface area contributed by atoms with Crippen LogP contribution in [0.3, 0.4) is 0 Å². The van der Waals surface area contributed by atoms with Gasteiger partial charge in [0.25, 0.3) is 0 Å². The standard InChI is InChI=1S/C21H28/c1-7-9-11-17(5)12-10-13-20(16(3)4)21-18(6)14-15-19(21)8-2/h7,9-13,19H,1,3,6,8,14-15H2,2,4-5H3/b11-9-,13-10-,17-12-,21-20-. The fraction of sp³-hybridized carbons (Fsp3) is 0.333. The number of hydrogen-bond donors (Lipinski definition) is 0. The van der Waals surface area contributed by atoms with Gasteiger partial charge in [-0.1, -0.05) is 79.8 Å². The first kappa shape index (κ1) is 17.2. The molecule has 1 aliphatic carbocycles.